The molecule has 0 aromatic carbocycles. The number of anilines is 1. The van der Waals surface area contributed by atoms with Gasteiger partial charge in [-0.2, -0.15) is 0 Å². The summed E-state index contributed by atoms with van der Waals surface area (Å²) in [7, 11) is 0. The van der Waals surface area contributed by atoms with Gasteiger partial charge in [-0.15, -0.1) is 0 Å². The zero-order valence-electron chi connectivity index (χ0n) is 14.7. The lowest BCUT2D eigenvalue weighted by Crippen LogP contribution is -2.40. The SMILES string of the molecule is CCn1cnc2c(N3CCC[C@H](CC(C)(C)C(N)=O)C3)ncnc21. The van der Waals surface area contributed by atoms with Crippen LogP contribution >= 0.6 is 0 Å². The molecule has 0 saturated carbocycles. The Morgan fingerprint density at radius 3 is 2.88 bits per heavy atom. The molecular formula is C17H26N6O. The topological polar surface area (TPSA) is 89.9 Å². The van der Waals surface area contributed by atoms with Crippen molar-refractivity contribution in [2.75, 3.05) is 18.0 Å². The Morgan fingerprint density at radius 2 is 2.17 bits per heavy atom. The molecule has 1 aliphatic heterocycles. The highest BCUT2D eigenvalue weighted by molar-refractivity contribution is 5.83. The van der Waals surface area contributed by atoms with Gasteiger partial charge in [0, 0.05) is 25.0 Å². The first kappa shape index (κ1) is 16.7. The number of carbonyl (C=O) groups is 1. The molecule has 130 valence electrons. The Balaban J connectivity index is 1.83. The van der Waals surface area contributed by atoms with Gasteiger partial charge in [-0.3, -0.25) is 4.79 Å². The molecule has 1 amide bonds. The zero-order chi connectivity index (χ0) is 17.3. The molecule has 3 rings (SSSR count). The van der Waals surface area contributed by atoms with E-state index in [1.54, 1.807) is 6.33 Å². The van der Waals surface area contributed by atoms with Gasteiger partial charge < -0.3 is 15.2 Å². The summed E-state index contributed by atoms with van der Waals surface area (Å²) in [5.41, 5.74) is 6.80. The molecule has 2 aromatic rings. The highest BCUT2D eigenvalue weighted by Gasteiger charge is 2.32. The molecule has 1 aliphatic rings. The third-order valence-corrected chi connectivity index (χ3v) is 5.01. The number of amides is 1. The third kappa shape index (κ3) is 3.07. The average molecular weight is 330 g/mol. The van der Waals surface area contributed by atoms with E-state index in [-0.39, 0.29) is 5.91 Å². The van der Waals surface area contributed by atoms with E-state index in [0.29, 0.717) is 5.92 Å². The van der Waals surface area contributed by atoms with Crippen LogP contribution in [0.4, 0.5) is 5.82 Å². The number of nitrogens with zero attached hydrogens (tertiary/aromatic N) is 5. The van der Waals surface area contributed by atoms with Crippen molar-refractivity contribution in [3.63, 3.8) is 0 Å². The van der Waals surface area contributed by atoms with Crippen molar-refractivity contribution in [3.05, 3.63) is 12.7 Å². The van der Waals surface area contributed by atoms with E-state index < -0.39 is 5.41 Å². The van der Waals surface area contributed by atoms with Gasteiger partial charge in [-0.1, -0.05) is 13.8 Å². The average Bonchev–Trinajstić information content (AvgIpc) is 2.97. The molecule has 7 nitrogen and oxygen atoms in total. The first-order valence-corrected chi connectivity index (χ1v) is 8.63. The van der Waals surface area contributed by atoms with Crippen LogP contribution in [0.15, 0.2) is 12.7 Å². The predicted molar refractivity (Wildman–Crippen MR) is 93.5 cm³/mol. The summed E-state index contributed by atoms with van der Waals surface area (Å²) in [5, 5.41) is 0. The number of aromatic nitrogens is 4. The predicted octanol–water partition coefficient (Wildman–Crippen LogP) is 1.96. The number of fused-ring (bicyclic) bond motifs is 1. The van der Waals surface area contributed by atoms with Crippen molar-refractivity contribution in [2.24, 2.45) is 17.1 Å². The fourth-order valence-electron chi connectivity index (χ4n) is 3.58. The monoisotopic (exact) mass is 330 g/mol. The third-order valence-electron chi connectivity index (χ3n) is 5.01. The lowest BCUT2D eigenvalue weighted by Gasteiger charge is -2.36. The summed E-state index contributed by atoms with van der Waals surface area (Å²) >= 11 is 0. The van der Waals surface area contributed by atoms with Crippen LogP contribution in [0.3, 0.4) is 0 Å². The molecule has 0 spiro atoms. The highest BCUT2D eigenvalue weighted by atomic mass is 16.1. The van der Waals surface area contributed by atoms with E-state index in [0.717, 1.165) is 55.9 Å². The van der Waals surface area contributed by atoms with E-state index in [4.69, 9.17) is 5.73 Å². The second-order valence-corrected chi connectivity index (χ2v) is 7.31. The Bertz CT molecular complexity index is 738. The Labute approximate surface area is 142 Å². The van der Waals surface area contributed by atoms with Crippen molar-refractivity contribution >= 4 is 22.9 Å². The maximum absolute atomic E-state index is 11.6. The number of primary amides is 1. The molecule has 1 atom stereocenters. The lowest BCUT2D eigenvalue weighted by atomic mass is 9.79. The maximum atomic E-state index is 11.6. The van der Waals surface area contributed by atoms with Crippen LogP contribution in [-0.4, -0.2) is 38.5 Å². The smallest absolute Gasteiger partial charge is 0.223 e. The van der Waals surface area contributed by atoms with Crippen LogP contribution in [0.25, 0.3) is 11.2 Å². The molecular weight excluding hydrogens is 304 g/mol. The van der Waals surface area contributed by atoms with Gasteiger partial charge in [0.2, 0.25) is 5.91 Å². The molecule has 1 fully saturated rings. The zero-order valence-corrected chi connectivity index (χ0v) is 14.7. The Kier molecular flexibility index (Phi) is 4.43. The minimum atomic E-state index is -0.474. The molecule has 2 aromatic heterocycles. The van der Waals surface area contributed by atoms with Crippen LogP contribution in [0.1, 0.15) is 40.0 Å². The molecule has 1 saturated heterocycles. The van der Waals surface area contributed by atoms with E-state index in [1.807, 2.05) is 24.7 Å². The van der Waals surface area contributed by atoms with Crippen molar-refractivity contribution in [3.8, 4) is 0 Å². The first-order chi connectivity index (χ1) is 11.4. The van der Waals surface area contributed by atoms with Crippen LogP contribution in [0.5, 0.6) is 0 Å². The quantitative estimate of drug-likeness (QED) is 0.905. The summed E-state index contributed by atoms with van der Waals surface area (Å²) in [6, 6.07) is 0. The summed E-state index contributed by atoms with van der Waals surface area (Å²) < 4.78 is 2.03. The van der Waals surface area contributed by atoms with Gasteiger partial charge in [-0.05, 0) is 32.1 Å². The fraction of sp³-hybridized carbons (Fsp3) is 0.647. The Hall–Kier alpha value is -2.18. The van der Waals surface area contributed by atoms with Crippen molar-refractivity contribution in [2.45, 2.75) is 46.6 Å². The molecule has 3 heterocycles. The number of rotatable bonds is 5. The molecule has 0 bridgehead atoms. The first-order valence-electron chi connectivity index (χ1n) is 8.63. The second kappa shape index (κ2) is 6.37. The standard InChI is InChI=1S/C17H26N6O/c1-4-22-11-21-13-14(22)19-10-20-15(13)23-7-5-6-12(9-23)8-17(2,3)16(18)24/h10-12H,4-9H2,1-3H3,(H2,18,24)/t12-/m1/s1. The van der Waals surface area contributed by atoms with Gasteiger partial charge in [0.1, 0.15) is 6.33 Å². The molecule has 2 N–H and O–H groups in total. The normalized spacial score (nSPS) is 19.0. The largest absolute Gasteiger partial charge is 0.369 e. The molecule has 24 heavy (non-hydrogen) atoms. The highest BCUT2D eigenvalue weighted by Crippen LogP contribution is 2.33. The van der Waals surface area contributed by atoms with Crippen LogP contribution < -0.4 is 10.6 Å². The van der Waals surface area contributed by atoms with E-state index in [9.17, 15) is 4.79 Å². The minimum Gasteiger partial charge on any atom is -0.369 e. The van der Waals surface area contributed by atoms with E-state index in [2.05, 4.69) is 26.8 Å². The second-order valence-electron chi connectivity index (χ2n) is 7.31. The minimum absolute atomic E-state index is 0.231. The summed E-state index contributed by atoms with van der Waals surface area (Å²) in [6.07, 6.45) is 6.43. The molecule has 7 heteroatoms. The van der Waals surface area contributed by atoms with Crippen molar-refractivity contribution in [1.82, 2.24) is 19.5 Å². The maximum Gasteiger partial charge on any atom is 0.223 e. The molecule has 0 unspecified atom stereocenters. The van der Waals surface area contributed by atoms with Gasteiger partial charge in [0.05, 0.1) is 6.33 Å². The van der Waals surface area contributed by atoms with Crippen LogP contribution in [0.2, 0.25) is 0 Å². The number of aryl methyl sites for hydroxylation is 1. The number of carbonyl (C=O) groups excluding carboxylic acids is 1. The van der Waals surface area contributed by atoms with Gasteiger partial charge in [-0.25, -0.2) is 15.0 Å². The summed E-state index contributed by atoms with van der Waals surface area (Å²) in [5.74, 6) is 1.10. The summed E-state index contributed by atoms with van der Waals surface area (Å²) in [4.78, 5) is 27.3. The van der Waals surface area contributed by atoms with E-state index >= 15 is 0 Å². The van der Waals surface area contributed by atoms with Gasteiger partial charge >= 0.3 is 0 Å². The number of piperidine rings is 1. The van der Waals surface area contributed by atoms with Crippen LogP contribution in [-0.2, 0) is 11.3 Å². The van der Waals surface area contributed by atoms with Crippen molar-refractivity contribution < 1.29 is 4.79 Å². The van der Waals surface area contributed by atoms with Gasteiger partial charge in [0.25, 0.3) is 0 Å². The molecule has 0 radical (unpaired) electrons. The number of hydrogen-bond acceptors (Lipinski definition) is 5. The molecule has 0 aliphatic carbocycles. The van der Waals surface area contributed by atoms with Crippen LogP contribution in [0, 0.1) is 11.3 Å². The number of nitrogens with two attached hydrogens (primary N) is 1. The number of imidazole rings is 1. The number of hydrogen-bond donors (Lipinski definition) is 1. The fourth-order valence-corrected chi connectivity index (χ4v) is 3.58. The van der Waals surface area contributed by atoms with E-state index in [1.165, 1.54) is 0 Å². The Morgan fingerprint density at radius 1 is 1.38 bits per heavy atom. The van der Waals surface area contributed by atoms with Crippen molar-refractivity contribution in [1.29, 1.82) is 0 Å². The summed E-state index contributed by atoms with van der Waals surface area (Å²) in [6.45, 7) is 8.61. The lowest BCUT2D eigenvalue weighted by molar-refractivity contribution is -0.126. The van der Waals surface area contributed by atoms with Gasteiger partial charge in [0.15, 0.2) is 17.0 Å².